The molecule has 1 aromatic carbocycles. The van der Waals surface area contributed by atoms with Crippen LogP contribution in [-0.4, -0.2) is 42.5 Å². The zero-order valence-electron chi connectivity index (χ0n) is 13.9. The zero-order chi connectivity index (χ0) is 16.6. The fraction of sp³-hybridized carbons (Fsp3) is 0.632. The molecule has 0 radical (unpaired) electrons. The van der Waals surface area contributed by atoms with Gasteiger partial charge < -0.3 is 9.47 Å². The summed E-state index contributed by atoms with van der Waals surface area (Å²) in [5.41, 5.74) is 0.887. The standard InChI is InChI=1S/C19H24FNO3/c20-15-4-2-14(3-5-15)19(23-10-11-24-19)8-1-9-21-16-6-7-17(21)13-18(22)12-16/h2-5,16-17H,1,6-13H2. The topological polar surface area (TPSA) is 38.8 Å². The van der Waals surface area contributed by atoms with Gasteiger partial charge in [-0.3, -0.25) is 9.69 Å². The van der Waals surface area contributed by atoms with Crippen LogP contribution < -0.4 is 0 Å². The second-order valence-electron chi connectivity index (χ2n) is 7.13. The third-order valence-corrected chi connectivity index (χ3v) is 5.66. The van der Waals surface area contributed by atoms with E-state index in [1.54, 1.807) is 12.1 Å². The van der Waals surface area contributed by atoms with E-state index < -0.39 is 5.79 Å². The molecule has 0 aromatic heterocycles. The maximum atomic E-state index is 13.2. The molecule has 3 aliphatic rings. The lowest BCUT2D eigenvalue weighted by Gasteiger charge is -2.35. The molecular formula is C19H24FNO3. The van der Waals surface area contributed by atoms with Crippen molar-refractivity contribution in [3.05, 3.63) is 35.6 Å². The Morgan fingerprint density at radius 2 is 1.71 bits per heavy atom. The lowest BCUT2D eigenvalue weighted by Crippen LogP contribution is -2.44. The number of carbonyl (C=O) groups excluding carboxylic acids is 1. The van der Waals surface area contributed by atoms with Crippen molar-refractivity contribution >= 4 is 5.78 Å². The average molecular weight is 333 g/mol. The number of piperidine rings is 1. The molecule has 130 valence electrons. The highest BCUT2D eigenvalue weighted by Gasteiger charge is 2.41. The number of carbonyl (C=O) groups is 1. The Hall–Kier alpha value is -1.30. The largest absolute Gasteiger partial charge is 0.343 e. The first-order valence-electron chi connectivity index (χ1n) is 8.98. The Bertz CT molecular complexity index is 581. The molecular weight excluding hydrogens is 309 g/mol. The number of hydrogen-bond acceptors (Lipinski definition) is 4. The van der Waals surface area contributed by atoms with Gasteiger partial charge in [-0.25, -0.2) is 4.39 Å². The van der Waals surface area contributed by atoms with Crippen molar-refractivity contribution in [2.75, 3.05) is 19.8 Å². The summed E-state index contributed by atoms with van der Waals surface area (Å²) < 4.78 is 25.1. The van der Waals surface area contributed by atoms with E-state index in [0.29, 0.717) is 43.9 Å². The molecule has 0 N–H and O–H groups in total. The van der Waals surface area contributed by atoms with E-state index in [4.69, 9.17) is 9.47 Å². The van der Waals surface area contributed by atoms with Crippen LogP contribution in [0.4, 0.5) is 4.39 Å². The van der Waals surface area contributed by atoms with Crippen molar-refractivity contribution in [3.63, 3.8) is 0 Å². The number of fused-ring (bicyclic) bond motifs is 2. The summed E-state index contributed by atoms with van der Waals surface area (Å²) in [6.07, 6.45) is 5.42. The van der Waals surface area contributed by atoms with E-state index in [1.165, 1.54) is 12.1 Å². The normalized spacial score (nSPS) is 29.3. The lowest BCUT2D eigenvalue weighted by atomic mass is 9.98. The van der Waals surface area contributed by atoms with Crippen LogP contribution in [0.25, 0.3) is 0 Å². The number of Topliss-reactive ketones (excluding diaryl/α,β-unsaturated/α-hetero) is 1. The predicted octanol–water partition coefficient (Wildman–Crippen LogP) is 3.00. The van der Waals surface area contributed by atoms with Gasteiger partial charge in [-0.05, 0) is 37.9 Å². The van der Waals surface area contributed by atoms with Gasteiger partial charge in [0.05, 0.1) is 13.2 Å². The highest BCUT2D eigenvalue weighted by atomic mass is 19.1. The monoisotopic (exact) mass is 333 g/mol. The Kier molecular flexibility index (Phi) is 4.41. The second-order valence-corrected chi connectivity index (χ2v) is 7.13. The smallest absolute Gasteiger partial charge is 0.195 e. The second kappa shape index (κ2) is 6.54. The SMILES string of the molecule is O=C1CC2CCC(C1)N2CCCC1(c2ccc(F)cc2)OCCO1. The third kappa shape index (κ3) is 3.01. The maximum Gasteiger partial charge on any atom is 0.195 e. The number of halogens is 1. The number of hydrogen-bond donors (Lipinski definition) is 0. The molecule has 3 aliphatic heterocycles. The van der Waals surface area contributed by atoms with E-state index in [1.807, 2.05) is 0 Å². The van der Waals surface area contributed by atoms with Gasteiger partial charge in [0.2, 0.25) is 0 Å². The van der Waals surface area contributed by atoms with Gasteiger partial charge in [-0.15, -0.1) is 0 Å². The zero-order valence-corrected chi connectivity index (χ0v) is 13.9. The van der Waals surface area contributed by atoms with Gasteiger partial charge in [0.25, 0.3) is 0 Å². The van der Waals surface area contributed by atoms with Crippen molar-refractivity contribution in [3.8, 4) is 0 Å². The summed E-state index contributed by atoms with van der Waals surface area (Å²) in [7, 11) is 0. The molecule has 3 saturated heterocycles. The highest BCUT2D eigenvalue weighted by Crippen LogP contribution is 2.38. The number of nitrogens with zero attached hydrogens (tertiary/aromatic N) is 1. The fourth-order valence-electron chi connectivity index (χ4n) is 4.54. The van der Waals surface area contributed by atoms with E-state index in [-0.39, 0.29) is 5.82 Å². The molecule has 1 aromatic rings. The third-order valence-electron chi connectivity index (χ3n) is 5.66. The minimum absolute atomic E-state index is 0.249. The van der Waals surface area contributed by atoms with Crippen molar-refractivity contribution in [1.29, 1.82) is 0 Å². The summed E-state index contributed by atoms with van der Waals surface area (Å²) in [6, 6.07) is 7.29. The molecule has 5 heteroatoms. The van der Waals surface area contributed by atoms with Crippen LogP contribution in [0.2, 0.25) is 0 Å². The number of ether oxygens (including phenoxy) is 2. The number of rotatable bonds is 5. The van der Waals surface area contributed by atoms with E-state index in [2.05, 4.69) is 4.90 Å². The quantitative estimate of drug-likeness (QED) is 0.830. The minimum Gasteiger partial charge on any atom is -0.343 e. The van der Waals surface area contributed by atoms with Crippen molar-refractivity contribution in [1.82, 2.24) is 4.90 Å². The van der Waals surface area contributed by atoms with Crippen LogP contribution >= 0.6 is 0 Å². The molecule has 0 saturated carbocycles. The van der Waals surface area contributed by atoms with Crippen LogP contribution in [-0.2, 0) is 20.1 Å². The summed E-state index contributed by atoms with van der Waals surface area (Å²) in [5.74, 6) is -0.566. The van der Waals surface area contributed by atoms with Crippen molar-refractivity contribution < 1.29 is 18.7 Å². The van der Waals surface area contributed by atoms with Gasteiger partial charge in [0.15, 0.2) is 5.79 Å². The molecule has 24 heavy (non-hydrogen) atoms. The van der Waals surface area contributed by atoms with Gasteiger partial charge >= 0.3 is 0 Å². The Labute approximate surface area is 141 Å². The highest BCUT2D eigenvalue weighted by molar-refractivity contribution is 5.80. The maximum absolute atomic E-state index is 13.2. The predicted molar refractivity (Wildman–Crippen MR) is 87.0 cm³/mol. The van der Waals surface area contributed by atoms with Gasteiger partial charge in [0.1, 0.15) is 11.6 Å². The molecule has 0 amide bonds. The van der Waals surface area contributed by atoms with Gasteiger partial charge in [-0.2, -0.15) is 0 Å². The van der Waals surface area contributed by atoms with Crippen molar-refractivity contribution in [2.24, 2.45) is 0 Å². The first-order chi connectivity index (χ1) is 11.7. The number of benzene rings is 1. The summed E-state index contributed by atoms with van der Waals surface area (Å²) in [5, 5.41) is 0. The van der Waals surface area contributed by atoms with Gasteiger partial charge in [-0.1, -0.05) is 12.1 Å². The average Bonchev–Trinajstić information content (AvgIpc) is 3.13. The van der Waals surface area contributed by atoms with E-state index >= 15 is 0 Å². The molecule has 3 fully saturated rings. The first kappa shape index (κ1) is 16.2. The molecule has 2 atom stereocenters. The van der Waals surface area contributed by atoms with Crippen LogP contribution in [0.3, 0.4) is 0 Å². The summed E-state index contributed by atoms with van der Waals surface area (Å²) >= 11 is 0. The Balaban J connectivity index is 1.40. The molecule has 0 spiro atoms. The van der Waals surface area contributed by atoms with E-state index in [9.17, 15) is 9.18 Å². The van der Waals surface area contributed by atoms with Crippen LogP contribution in [0, 0.1) is 5.82 Å². The van der Waals surface area contributed by atoms with Crippen LogP contribution in [0.1, 0.15) is 44.1 Å². The van der Waals surface area contributed by atoms with Crippen LogP contribution in [0.5, 0.6) is 0 Å². The van der Waals surface area contributed by atoms with Crippen LogP contribution in [0.15, 0.2) is 24.3 Å². The lowest BCUT2D eigenvalue weighted by molar-refractivity contribution is -0.172. The summed E-state index contributed by atoms with van der Waals surface area (Å²) in [6.45, 7) is 2.11. The first-order valence-corrected chi connectivity index (χ1v) is 8.98. The van der Waals surface area contributed by atoms with E-state index in [0.717, 1.165) is 37.8 Å². The van der Waals surface area contributed by atoms with Gasteiger partial charge in [0, 0.05) is 36.9 Å². The molecule has 2 bridgehead atoms. The fourth-order valence-corrected chi connectivity index (χ4v) is 4.54. The molecule has 4 rings (SSSR count). The molecule has 4 nitrogen and oxygen atoms in total. The Morgan fingerprint density at radius 3 is 2.33 bits per heavy atom. The molecule has 3 heterocycles. The molecule has 2 unspecified atom stereocenters. The minimum atomic E-state index is -0.738. The summed E-state index contributed by atoms with van der Waals surface area (Å²) in [4.78, 5) is 14.2. The van der Waals surface area contributed by atoms with Crippen molar-refractivity contribution in [2.45, 2.75) is 56.4 Å². The number of ketones is 1. The molecule has 0 aliphatic carbocycles. The Morgan fingerprint density at radius 1 is 1.08 bits per heavy atom.